The fourth-order valence-corrected chi connectivity index (χ4v) is 7.90. The van der Waals surface area contributed by atoms with Crippen molar-refractivity contribution in [1.82, 2.24) is 0 Å². The van der Waals surface area contributed by atoms with Crippen LogP contribution in [-0.2, 0) is 0 Å². The number of hydrogen-bond acceptors (Lipinski definition) is 1. The Kier molecular flexibility index (Phi) is 5.64. The van der Waals surface area contributed by atoms with Gasteiger partial charge >= 0.3 is 0 Å². The van der Waals surface area contributed by atoms with Crippen molar-refractivity contribution in [2.24, 2.45) is 0 Å². The van der Waals surface area contributed by atoms with Crippen LogP contribution in [0.25, 0.3) is 98.4 Å². The molecule has 218 valence electrons. The molecule has 10 aromatic rings. The molecular formula is C46H28O. The molecule has 0 aliphatic heterocycles. The van der Waals surface area contributed by atoms with Crippen LogP contribution in [0.5, 0.6) is 0 Å². The molecule has 0 N–H and O–H groups in total. The van der Waals surface area contributed by atoms with Gasteiger partial charge in [0.15, 0.2) is 0 Å². The van der Waals surface area contributed by atoms with Crippen molar-refractivity contribution in [3.8, 4) is 33.4 Å². The largest absolute Gasteiger partial charge is 0.456 e. The molecule has 1 heteroatoms. The average molecular weight is 597 g/mol. The van der Waals surface area contributed by atoms with Gasteiger partial charge in [-0.25, -0.2) is 0 Å². The summed E-state index contributed by atoms with van der Waals surface area (Å²) in [6.45, 7) is 0. The molecule has 1 heterocycles. The Hall–Kier alpha value is -6.18. The molecule has 47 heavy (non-hydrogen) atoms. The maximum atomic E-state index is 6.36. The van der Waals surface area contributed by atoms with Gasteiger partial charge in [-0.05, 0) is 94.7 Å². The zero-order chi connectivity index (χ0) is 30.9. The van der Waals surface area contributed by atoms with Crippen LogP contribution in [0, 0.1) is 0 Å². The highest BCUT2D eigenvalue weighted by Crippen LogP contribution is 2.49. The highest BCUT2D eigenvalue weighted by atomic mass is 16.3. The number of rotatable bonds is 3. The fraction of sp³-hybridized carbons (Fsp3) is 0. The first kappa shape index (κ1) is 26.1. The molecule has 0 atom stereocenters. The summed E-state index contributed by atoms with van der Waals surface area (Å²) in [5.74, 6) is 0. The lowest BCUT2D eigenvalue weighted by molar-refractivity contribution is 0.669. The maximum absolute atomic E-state index is 6.36. The quantitative estimate of drug-likeness (QED) is 0.146. The summed E-state index contributed by atoms with van der Waals surface area (Å²) in [6.07, 6.45) is 0. The third-order valence-electron chi connectivity index (χ3n) is 9.86. The van der Waals surface area contributed by atoms with Gasteiger partial charge in [0, 0.05) is 10.8 Å². The summed E-state index contributed by atoms with van der Waals surface area (Å²) >= 11 is 0. The van der Waals surface area contributed by atoms with Gasteiger partial charge in [-0.15, -0.1) is 0 Å². The van der Waals surface area contributed by atoms with Gasteiger partial charge < -0.3 is 4.42 Å². The second-order valence-corrected chi connectivity index (χ2v) is 12.4. The van der Waals surface area contributed by atoms with Crippen LogP contribution in [-0.4, -0.2) is 0 Å². The van der Waals surface area contributed by atoms with E-state index in [-0.39, 0.29) is 0 Å². The molecule has 0 aliphatic rings. The van der Waals surface area contributed by atoms with Gasteiger partial charge in [0.25, 0.3) is 0 Å². The molecule has 0 radical (unpaired) electrons. The highest BCUT2D eigenvalue weighted by molar-refractivity contribution is 6.26. The van der Waals surface area contributed by atoms with Crippen LogP contribution >= 0.6 is 0 Å². The zero-order valence-corrected chi connectivity index (χ0v) is 25.6. The van der Waals surface area contributed by atoms with Crippen molar-refractivity contribution < 1.29 is 4.42 Å². The molecule has 0 saturated carbocycles. The molecule has 0 saturated heterocycles. The molecule has 0 bridgehead atoms. The van der Waals surface area contributed by atoms with Gasteiger partial charge in [-0.3, -0.25) is 0 Å². The standard InChI is InChI=1S/C46H28O/c1-2-15-30-29(14-1)28-41(32-17-4-3-16-31(30)32)33-18-5-6-19-34(33)44-35-20-7-9-22-37(35)45(38-23-10-8-21-36(38)44)40-25-13-27-43-46(40)39-24-11-12-26-42(39)47-43/h1-28H. The monoisotopic (exact) mass is 596 g/mol. The van der Waals surface area contributed by atoms with Crippen LogP contribution in [0.4, 0.5) is 0 Å². The first-order valence-corrected chi connectivity index (χ1v) is 16.2. The molecule has 10 rings (SSSR count). The van der Waals surface area contributed by atoms with Crippen LogP contribution in [0.1, 0.15) is 0 Å². The second-order valence-electron chi connectivity index (χ2n) is 12.4. The number of para-hydroxylation sites is 1. The van der Waals surface area contributed by atoms with E-state index in [2.05, 4.69) is 164 Å². The SMILES string of the molecule is c1ccc(-c2cc3ccccc3c3ccccc23)c(-c2c3ccccc3c(-c3cccc4oc5ccccc5c34)c3ccccc23)c1. The van der Waals surface area contributed by atoms with E-state index < -0.39 is 0 Å². The summed E-state index contributed by atoms with van der Waals surface area (Å²) in [5, 5.41) is 12.3. The Labute approximate surface area is 271 Å². The lowest BCUT2D eigenvalue weighted by atomic mass is 9.82. The van der Waals surface area contributed by atoms with Gasteiger partial charge in [0.2, 0.25) is 0 Å². The van der Waals surface area contributed by atoms with Gasteiger partial charge in [-0.1, -0.05) is 152 Å². The minimum Gasteiger partial charge on any atom is -0.456 e. The molecule has 9 aromatic carbocycles. The highest BCUT2D eigenvalue weighted by Gasteiger charge is 2.22. The van der Waals surface area contributed by atoms with Crippen molar-refractivity contribution in [3.05, 3.63) is 170 Å². The van der Waals surface area contributed by atoms with E-state index in [0.29, 0.717) is 0 Å². The van der Waals surface area contributed by atoms with Gasteiger partial charge in [0.05, 0.1) is 0 Å². The molecule has 1 aromatic heterocycles. The first-order chi connectivity index (χ1) is 23.3. The summed E-state index contributed by atoms with van der Waals surface area (Å²) in [7, 11) is 0. The first-order valence-electron chi connectivity index (χ1n) is 16.2. The predicted molar refractivity (Wildman–Crippen MR) is 200 cm³/mol. The Morgan fingerprint density at radius 2 is 0.745 bits per heavy atom. The number of hydrogen-bond donors (Lipinski definition) is 0. The summed E-state index contributed by atoms with van der Waals surface area (Å²) in [6, 6.07) is 61.6. The van der Waals surface area contributed by atoms with Crippen LogP contribution in [0.15, 0.2) is 174 Å². The Morgan fingerprint density at radius 3 is 1.45 bits per heavy atom. The summed E-state index contributed by atoms with van der Waals surface area (Å²) < 4.78 is 6.36. The topological polar surface area (TPSA) is 13.1 Å². The third kappa shape index (κ3) is 3.84. The lowest BCUT2D eigenvalue weighted by Crippen LogP contribution is -1.93. The number of benzene rings is 9. The Morgan fingerprint density at radius 1 is 0.277 bits per heavy atom. The lowest BCUT2D eigenvalue weighted by Gasteiger charge is -2.21. The third-order valence-corrected chi connectivity index (χ3v) is 9.86. The van der Waals surface area contributed by atoms with Crippen molar-refractivity contribution in [2.45, 2.75) is 0 Å². The van der Waals surface area contributed by atoms with Crippen LogP contribution in [0.3, 0.4) is 0 Å². The van der Waals surface area contributed by atoms with E-state index in [9.17, 15) is 0 Å². The molecule has 0 aliphatic carbocycles. The van der Waals surface area contributed by atoms with Crippen LogP contribution < -0.4 is 0 Å². The summed E-state index contributed by atoms with van der Waals surface area (Å²) in [5.41, 5.74) is 9.25. The molecular weight excluding hydrogens is 569 g/mol. The molecule has 0 unspecified atom stereocenters. The van der Waals surface area contributed by atoms with Gasteiger partial charge in [-0.2, -0.15) is 0 Å². The van der Waals surface area contributed by atoms with E-state index in [1.54, 1.807) is 0 Å². The van der Waals surface area contributed by atoms with Crippen LogP contribution in [0.2, 0.25) is 0 Å². The number of furan rings is 1. The molecule has 0 spiro atoms. The minimum atomic E-state index is 0.912. The van der Waals surface area contributed by atoms with Gasteiger partial charge in [0.1, 0.15) is 11.2 Å². The minimum absolute atomic E-state index is 0.912. The van der Waals surface area contributed by atoms with E-state index in [1.807, 2.05) is 6.07 Å². The predicted octanol–water partition coefficient (Wildman–Crippen LogP) is 13.2. The summed E-state index contributed by atoms with van der Waals surface area (Å²) in [4.78, 5) is 0. The Balaban J connectivity index is 1.34. The van der Waals surface area contributed by atoms with E-state index in [4.69, 9.17) is 4.42 Å². The fourth-order valence-electron chi connectivity index (χ4n) is 7.90. The molecule has 0 amide bonds. The number of fused-ring (bicyclic) bond motifs is 8. The van der Waals surface area contributed by atoms with E-state index in [0.717, 1.165) is 21.9 Å². The maximum Gasteiger partial charge on any atom is 0.136 e. The Bertz CT molecular complexity index is 2800. The van der Waals surface area contributed by atoms with Crippen molar-refractivity contribution in [3.63, 3.8) is 0 Å². The molecule has 1 nitrogen and oxygen atoms in total. The smallest absolute Gasteiger partial charge is 0.136 e. The van der Waals surface area contributed by atoms with E-state index in [1.165, 1.54) is 76.5 Å². The zero-order valence-electron chi connectivity index (χ0n) is 25.6. The second kappa shape index (κ2) is 10.2. The van der Waals surface area contributed by atoms with E-state index >= 15 is 0 Å². The molecule has 0 fully saturated rings. The van der Waals surface area contributed by atoms with Crippen molar-refractivity contribution in [1.29, 1.82) is 0 Å². The normalized spacial score (nSPS) is 11.8. The van der Waals surface area contributed by atoms with Crippen molar-refractivity contribution >= 4 is 65.0 Å². The van der Waals surface area contributed by atoms with Crippen molar-refractivity contribution in [2.75, 3.05) is 0 Å². The average Bonchev–Trinajstić information content (AvgIpc) is 3.53.